The summed E-state index contributed by atoms with van der Waals surface area (Å²) in [5, 5.41) is 12.7. The lowest BCUT2D eigenvalue weighted by Crippen LogP contribution is -2.52. The molecule has 0 saturated carbocycles. The van der Waals surface area contributed by atoms with Gasteiger partial charge in [-0.25, -0.2) is 9.78 Å². The smallest absolute Gasteiger partial charge is 0.419 e. The minimum Gasteiger partial charge on any atom is -0.497 e. The number of halogens is 3. The summed E-state index contributed by atoms with van der Waals surface area (Å²) >= 11 is 0. The molecule has 0 bridgehead atoms. The van der Waals surface area contributed by atoms with Gasteiger partial charge in [-0.05, 0) is 24.3 Å². The Balaban J connectivity index is 1.60. The predicted octanol–water partition coefficient (Wildman–Crippen LogP) is 2.63. The van der Waals surface area contributed by atoms with E-state index in [1.165, 1.54) is 29.2 Å². The van der Waals surface area contributed by atoms with Crippen molar-refractivity contribution in [1.29, 1.82) is 0 Å². The number of nitrogens with one attached hydrogen (secondary N) is 1. The van der Waals surface area contributed by atoms with E-state index in [2.05, 4.69) is 10.3 Å². The molecule has 156 valence electrons. The molecular formula is C19H21F3N4O3. The van der Waals surface area contributed by atoms with Gasteiger partial charge < -0.3 is 25.0 Å². The number of alkyl halides is 3. The van der Waals surface area contributed by atoms with Crippen LogP contribution in [0.15, 0.2) is 42.6 Å². The van der Waals surface area contributed by atoms with E-state index in [4.69, 9.17) is 4.74 Å². The first-order valence-corrected chi connectivity index (χ1v) is 8.94. The number of rotatable bonds is 4. The lowest BCUT2D eigenvalue weighted by atomic mass is 10.2. The molecule has 29 heavy (non-hydrogen) atoms. The van der Waals surface area contributed by atoms with Crippen molar-refractivity contribution in [3.63, 3.8) is 0 Å². The summed E-state index contributed by atoms with van der Waals surface area (Å²) in [6.07, 6.45) is -4.42. The molecule has 7 nitrogen and oxygen atoms in total. The Hall–Kier alpha value is -3.01. The van der Waals surface area contributed by atoms with Crippen LogP contribution < -0.4 is 15.0 Å². The first-order chi connectivity index (χ1) is 13.8. The lowest BCUT2D eigenvalue weighted by Gasteiger charge is -2.36. The number of pyridine rings is 1. The topological polar surface area (TPSA) is 77.9 Å². The highest BCUT2D eigenvalue weighted by Gasteiger charge is 2.36. The second-order valence-corrected chi connectivity index (χ2v) is 6.48. The highest BCUT2D eigenvalue weighted by atomic mass is 19.4. The minimum atomic E-state index is -4.50. The van der Waals surface area contributed by atoms with Gasteiger partial charge in [0.25, 0.3) is 0 Å². The molecule has 1 aliphatic heterocycles. The zero-order chi connectivity index (χ0) is 21.0. The van der Waals surface area contributed by atoms with Crippen LogP contribution in [0.3, 0.4) is 0 Å². The largest absolute Gasteiger partial charge is 0.497 e. The Morgan fingerprint density at radius 3 is 2.59 bits per heavy atom. The fraction of sp³-hybridized carbons (Fsp3) is 0.368. The maximum atomic E-state index is 13.2. The summed E-state index contributed by atoms with van der Waals surface area (Å²) in [7, 11) is 1.50. The van der Waals surface area contributed by atoms with E-state index in [0.717, 1.165) is 6.07 Å². The van der Waals surface area contributed by atoms with Gasteiger partial charge in [-0.3, -0.25) is 0 Å². The summed E-state index contributed by atoms with van der Waals surface area (Å²) < 4.78 is 44.7. The van der Waals surface area contributed by atoms with Crippen LogP contribution in [-0.2, 0) is 6.18 Å². The normalized spacial score (nSPS) is 15.8. The molecule has 1 fully saturated rings. The highest BCUT2D eigenvalue weighted by Crippen LogP contribution is 2.35. The number of benzene rings is 1. The van der Waals surface area contributed by atoms with Gasteiger partial charge in [0.2, 0.25) is 0 Å². The van der Waals surface area contributed by atoms with Crippen LogP contribution in [0.2, 0.25) is 0 Å². The Bertz CT molecular complexity index is 855. The van der Waals surface area contributed by atoms with Gasteiger partial charge in [0.05, 0.1) is 12.7 Å². The van der Waals surface area contributed by atoms with Crippen LogP contribution >= 0.6 is 0 Å². The van der Waals surface area contributed by atoms with E-state index in [-0.39, 0.29) is 32.0 Å². The van der Waals surface area contributed by atoms with Gasteiger partial charge in [0.15, 0.2) is 6.23 Å². The third kappa shape index (κ3) is 4.89. The van der Waals surface area contributed by atoms with Crippen LogP contribution in [0, 0.1) is 0 Å². The van der Waals surface area contributed by atoms with Crippen molar-refractivity contribution in [2.24, 2.45) is 0 Å². The quantitative estimate of drug-likeness (QED) is 0.758. The van der Waals surface area contributed by atoms with Crippen molar-refractivity contribution in [2.75, 3.05) is 38.2 Å². The van der Waals surface area contributed by atoms with Gasteiger partial charge in [-0.2, -0.15) is 13.2 Å². The molecule has 2 N–H and O–H groups in total. The molecule has 1 aromatic carbocycles. The molecular weight excluding hydrogens is 389 g/mol. The standard InChI is InChI=1S/C19H21F3N4O3/c1-29-14-5-2-4-13(12-14)17(27)24-18(28)26-10-8-25(9-11-26)16-15(19(20,21)22)6-3-7-23-16/h2-7,12,17,27H,8-11H2,1H3,(H,24,28). The van der Waals surface area contributed by atoms with Crippen molar-refractivity contribution in [3.05, 3.63) is 53.7 Å². The Morgan fingerprint density at radius 2 is 1.93 bits per heavy atom. The molecule has 1 saturated heterocycles. The summed E-state index contributed by atoms with van der Waals surface area (Å²) in [5.74, 6) is 0.400. The number of carbonyl (C=O) groups excluding carboxylic acids is 1. The van der Waals surface area contributed by atoms with Gasteiger partial charge in [-0.15, -0.1) is 0 Å². The molecule has 0 aliphatic carbocycles. The highest BCUT2D eigenvalue weighted by molar-refractivity contribution is 5.75. The third-order valence-corrected chi connectivity index (χ3v) is 4.63. The molecule has 10 heteroatoms. The van der Waals surface area contributed by atoms with Gasteiger partial charge in [-0.1, -0.05) is 12.1 Å². The fourth-order valence-corrected chi connectivity index (χ4v) is 3.09. The number of aliphatic hydroxyl groups excluding tert-OH is 1. The monoisotopic (exact) mass is 410 g/mol. The molecule has 0 radical (unpaired) electrons. The van der Waals surface area contributed by atoms with Crippen molar-refractivity contribution in [1.82, 2.24) is 15.2 Å². The zero-order valence-corrected chi connectivity index (χ0v) is 15.7. The molecule has 2 aromatic rings. The van der Waals surface area contributed by atoms with Crippen molar-refractivity contribution in [3.8, 4) is 5.75 Å². The van der Waals surface area contributed by atoms with Crippen molar-refractivity contribution in [2.45, 2.75) is 12.4 Å². The van der Waals surface area contributed by atoms with E-state index in [1.807, 2.05) is 0 Å². The number of methoxy groups -OCH3 is 1. The first kappa shape index (κ1) is 20.7. The van der Waals surface area contributed by atoms with Crippen LogP contribution in [-0.4, -0.2) is 54.3 Å². The average Bonchev–Trinajstić information content (AvgIpc) is 2.73. The number of anilines is 1. The van der Waals surface area contributed by atoms with Crippen LogP contribution in [0.4, 0.5) is 23.8 Å². The van der Waals surface area contributed by atoms with Gasteiger partial charge in [0, 0.05) is 37.9 Å². The maximum absolute atomic E-state index is 13.2. The number of amides is 2. The number of carbonyl (C=O) groups is 1. The van der Waals surface area contributed by atoms with Crippen molar-refractivity contribution < 1.29 is 27.8 Å². The Labute approximate surface area is 165 Å². The first-order valence-electron chi connectivity index (χ1n) is 8.94. The van der Waals surface area contributed by atoms with Crippen LogP contribution in [0.25, 0.3) is 0 Å². The summed E-state index contributed by atoms with van der Waals surface area (Å²) in [4.78, 5) is 19.2. The predicted molar refractivity (Wildman–Crippen MR) is 99.5 cm³/mol. The number of hydrogen-bond donors (Lipinski definition) is 2. The molecule has 1 aromatic heterocycles. The number of ether oxygens (including phenoxy) is 1. The number of piperazine rings is 1. The molecule has 3 rings (SSSR count). The fourth-order valence-electron chi connectivity index (χ4n) is 3.09. The molecule has 2 amide bonds. The van der Waals surface area contributed by atoms with Crippen molar-refractivity contribution >= 4 is 11.8 Å². The number of hydrogen-bond acceptors (Lipinski definition) is 5. The SMILES string of the molecule is COc1cccc(C(O)NC(=O)N2CCN(c3ncccc3C(F)(F)F)CC2)c1. The molecule has 1 unspecified atom stereocenters. The second-order valence-electron chi connectivity index (χ2n) is 6.48. The van der Waals surface area contributed by atoms with Crippen LogP contribution in [0.1, 0.15) is 17.4 Å². The summed E-state index contributed by atoms with van der Waals surface area (Å²) in [5.41, 5.74) is -0.342. The third-order valence-electron chi connectivity index (χ3n) is 4.63. The summed E-state index contributed by atoms with van der Waals surface area (Å²) in [6.45, 7) is 0.792. The molecule has 1 atom stereocenters. The van der Waals surface area contributed by atoms with E-state index < -0.39 is 24.0 Å². The molecule has 1 aliphatic rings. The molecule has 2 heterocycles. The second kappa shape index (κ2) is 8.56. The number of aliphatic hydroxyl groups is 1. The number of urea groups is 1. The number of aromatic nitrogens is 1. The van der Waals surface area contributed by atoms with Gasteiger partial charge >= 0.3 is 12.2 Å². The minimum absolute atomic E-state index is 0.142. The summed E-state index contributed by atoms with van der Waals surface area (Å²) in [6, 6.07) is 8.38. The Morgan fingerprint density at radius 1 is 1.21 bits per heavy atom. The van der Waals surface area contributed by atoms with Gasteiger partial charge in [0.1, 0.15) is 11.6 Å². The lowest BCUT2D eigenvalue weighted by molar-refractivity contribution is -0.137. The molecule has 0 spiro atoms. The number of nitrogens with zero attached hydrogens (tertiary/aromatic N) is 3. The maximum Gasteiger partial charge on any atom is 0.419 e. The van der Waals surface area contributed by atoms with E-state index in [0.29, 0.717) is 11.3 Å². The van der Waals surface area contributed by atoms with E-state index in [9.17, 15) is 23.1 Å². The van der Waals surface area contributed by atoms with E-state index >= 15 is 0 Å². The van der Waals surface area contributed by atoms with Crippen LogP contribution in [0.5, 0.6) is 5.75 Å². The van der Waals surface area contributed by atoms with E-state index in [1.54, 1.807) is 24.3 Å². The Kier molecular flexibility index (Phi) is 6.12. The zero-order valence-electron chi connectivity index (χ0n) is 15.7. The average molecular weight is 410 g/mol.